The Bertz CT molecular complexity index is 1280. The number of esters is 1. The first-order valence-corrected chi connectivity index (χ1v) is 13.2. The smallest absolute Gasteiger partial charge is 0.340 e. The SMILES string of the molecule is CCOC(=O)c1c(C2=CCC=CC(Cl)=C2)c(CN2CCOCC2)n2c1-c1cc(OC)c(OC)cc1CC2. The Balaban J connectivity index is 1.79. The number of rotatable bonds is 7. The van der Waals surface area contributed by atoms with Gasteiger partial charge >= 0.3 is 5.97 Å². The van der Waals surface area contributed by atoms with Crippen LogP contribution in [0.25, 0.3) is 16.8 Å². The van der Waals surface area contributed by atoms with Gasteiger partial charge in [0.2, 0.25) is 0 Å². The molecule has 1 aliphatic carbocycles. The first-order chi connectivity index (χ1) is 18.0. The van der Waals surface area contributed by atoms with Crippen molar-refractivity contribution >= 4 is 23.1 Å². The van der Waals surface area contributed by atoms with Crippen molar-refractivity contribution in [1.29, 1.82) is 0 Å². The maximum atomic E-state index is 13.7. The normalized spacial score (nSPS) is 17.3. The molecule has 8 heteroatoms. The van der Waals surface area contributed by atoms with Crippen molar-refractivity contribution in [3.8, 4) is 22.8 Å². The number of benzene rings is 1. The number of morpholine rings is 1. The van der Waals surface area contributed by atoms with Gasteiger partial charge in [-0.3, -0.25) is 4.90 Å². The minimum Gasteiger partial charge on any atom is -0.493 e. The van der Waals surface area contributed by atoms with Gasteiger partial charge in [0.1, 0.15) is 0 Å². The molecular formula is C29H33ClN2O5. The number of aromatic nitrogens is 1. The number of ether oxygens (including phenoxy) is 4. The van der Waals surface area contributed by atoms with Crippen molar-refractivity contribution in [2.45, 2.75) is 32.9 Å². The van der Waals surface area contributed by atoms with Gasteiger partial charge in [0.05, 0.1) is 45.3 Å². The molecule has 196 valence electrons. The third-order valence-electron chi connectivity index (χ3n) is 7.13. The van der Waals surface area contributed by atoms with Crippen molar-refractivity contribution in [1.82, 2.24) is 9.47 Å². The molecule has 0 spiro atoms. The van der Waals surface area contributed by atoms with Crippen LogP contribution in [0.3, 0.4) is 0 Å². The van der Waals surface area contributed by atoms with E-state index >= 15 is 0 Å². The highest BCUT2D eigenvalue weighted by molar-refractivity contribution is 6.32. The minimum absolute atomic E-state index is 0.289. The van der Waals surface area contributed by atoms with Gasteiger partial charge < -0.3 is 23.5 Å². The molecule has 37 heavy (non-hydrogen) atoms. The van der Waals surface area contributed by atoms with E-state index in [0.717, 1.165) is 66.1 Å². The Morgan fingerprint density at radius 2 is 1.86 bits per heavy atom. The number of fused-ring (bicyclic) bond motifs is 3. The molecule has 1 aromatic heterocycles. The Morgan fingerprint density at radius 1 is 1.11 bits per heavy atom. The predicted molar refractivity (Wildman–Crippen MR) is 144 cm³/mol. The first kappa shape index (κ1) is 25.6. The maximum absolute atomic E-state index is 13.7. The van der Waals surface area contributed by atoms with Gasteiger partial charge in [0, 0.05) is 48.0 Å². The second-order valence-electron chi connectivity index (χ2n) is 9.25. The largest absolute Gasteiger partial charge is 0.493 e. The molecule has 3 aliphatic rings. The van der Waals surface area contributed by atoms with E-state index in [9.17, 15) is 4.79 Å². The zero-order valence-corrected chi connectivity index (χ0v) is 22.4. The number of halogens is 1. The topological polar surface area (TPSA) is 62.2 Å². The van der Waals surface area contributed by atoms with Crippen molar-refractivity contribution in [2.24, 2.45) is 0 Å². The molecule has 0 N–H and O–H groups in total. The lowest BCUT2D eigenvalue weighted by Crippen LogP contribution is -2.36. The minimum atomic E-state index is -0.334. The van der Waals surface area contributed by atoms with Crippen LogP contribution in [0.2, 0.25) is 0 Å². The van der Waals surface area contributed by atoms with E-state index < -0.39 is 0 Å². The molecule has 1 aromatic carbocycles. The zero-order valence-electron chi connectivity index (χ0n) is 21.6. The van der Waals surface area contributed by atoms with E-state index in [1.165, 1.54) is 0 Å². The molecule has 5 rings (SSSR count). The number of methoxy groups -OCH3 is 2. The van der Waals surface area contributed by atoms with Crippen molar-refractivity contribution in [3.63, 3.8) is 0 Å². The number of carbonyl (C=O) groups is 1. The highest BCUT2D eigenvalue weighted by Crippen LogP contribution is 2.45. The number of carbonyl (C=O) groups excluding carboxylic acids is 1. The summed E-state index contributed by atoms with van der Waals surface area (Å²) in [5.41, 5.74) is 6.43. The third-order valence-corrected chi connectivity index (χ3v) is 7.37. The average molecular weight is 525 g/mol. The molecule has 0 unspecified atom stereocenters. The van der Waals surface area contributed by atoms with Crippen LogP contribution in [0, 0.1) is 0 Å². The molecular weight excluding hydrogens is 492 g/mol. The molecule has 0 saturated carbocycles. The Hall–Kier alpha value is -3.00. The van der Waals surface area contributed by atoms with Crippen LogP contribution < -0.4 is 9.47 Å². The summed E-state index contributed by atoms with van der Waals surface area (Å²) in [6, 6.07) is 4.00. The lowest BCUT2D eigenvalue weighted by atomic mass is 9.93. The van der Waals surface area contributed by atoms with Crippen LogP contribution in [0.15, 0.2) is 41.5 Å². The van der Waals surface area contributed by atoms with Crippen LogP contribution in [-0.4, -0.2) is 62.6 Å². The Kier molecular flexibility index (Phi) is 7.74. The molecule has 7 nitrogen and oxygen atoms in total. The van der Waals surface area contributed by atoms with E-state index in [2.05, 4.69) is 15.5 Å². The fourth-order valence-electron chi connectivity index (χ4n) is 5.43. The summed E-state index contributed by atoms with van der Waals surface area (Å²) in [6.07, 6.45) is 9.55. The monoisotopic (exact) mass is 524 g/mol. The van der Waals surface area contributed by atoms with Gasteiger partial charge in [-0.25, -0.2) is 4.79 Å². The number of hydrogen-bond donors (Lipinski definition) is 0. The van der Waals surface area contributed by atoms with Crippen molar-refractivity contribution in [3.05, 3.63) is 63.9 Å². The number of aryl methyl sites for hydroxylation is 1. The van der Waals surface area contributed by atoms with E-state index in [1.54, 1.807) is 14.2 Å². The second kappa shape index (κ2) is 11.2. The summed E-state index contributed by atoms with van der Waals surface area (Å²) in [6.45, 7) is 6.65. The lowest BCUT2D eigenvalue weighted by Gasteiger charge is -2.29. The average Bonchev–Trinajstić information content (AvgIpc) is 3.08. The molecule has 0 bridgehead atoms. The summed E-state index contributed by atoms with van der Waals surface area (Å²) < 4.78 is 24.8. The highest BCUT2D eigenvalue weighted by atomic mass is 35.5. The number of allylic oxidation sites excluding steroid dienone is 6. The van der Waals surface area contributed by atoms with Gasteiger partial charge in [-0.2, -0.15) is 0 Å². The Morgan fingerprint density at radius 3 is 2.59 bits per heavy atom. The van der Waals surface area contributed by atoms with Gasteiger partial charge in [-0.15, -0.1) is 0 Å². The molecule has 0 radical (unpaired) electrons. The zero-order chi connectivity index (χ0) is 25.9. The third kappa shape index (κ3) is 4.96. The molecule has 1 fully saturated rings. The fraction of sp³-hybridized carbons (Fsp3) is 0.414. The summed E-state index contributed by atoms with van der Waals surface area (Å²) >= 11 is 6.54. The highest BCUT2D eigenvalue weighted by Gasteiger charge is 2.34. The molecule has 2 aliphatic heterocycles. The van der Waals surface area contributed by atoms with E-state index in [4.69, 9.17) is 30.5 Å². The van der Waals surface area contributed by atoms with E-state index in [-0.39, 0.29) is 12.6 Å². The lowest BCUT2D eigenvalue weighted by molar-refractivity contribution is 0.0331. The van der Waals surface area contributed by atoms with Gasteiger partial charge in [-0.1, -0.05) is 23.8 Å². The summed E-state index contributed by atoms with van der Waals surface area (Å²) in [7, 11) is 3.27. The van der Waals surface area contributed by atoms with Crippen LogP contribution in [0.4, 0.5) is 0 Å². The van der Waals surface area contributed by atoms with Gasteiger partial charge in [0.15, 0.2) is 11.5 Å². The number of hydrogen-bond acceptors (Lipinski definition) is 6. The summed E-state index contributed by atoms with van der Waals surface area (Å²) in [5.74, 6) is 0.975. The summed E-state index contributed by atoms with van der Waals surface area (Å²) in [4.78, 5) is 16.1. The molecule has 0 atom stereocenters. The molecule has 2 aromatic rings. The van der Waals surface area contributed by atoms with E-state index in [1.807, 2.05) is 37.3 Å². The van der Waals surface area contributed by atoms with Crippen molar-refractivity contribution < 1.29 is 23.7 Å². The first-order valence-electron chi connectivity index (χ1n) is 12.8. The predicted octanol–water partition coefficient (Wildman–Crippen LogP) is 5.20. The molecule has 1 saturated heterocycles. The summed E-state index contributed by atoms with van der Waals surface area (Å²) in [5, 5.41) is 0.631. The standard InChI is InChI=1S/C29H33ClN2O5/c1-4-37-29(33)27-26(20-7-5-6-8-21(30)15-20)23(18-31-11-13-36-14-12-31)32-10-9-19-16-24(34-2)25(35-3)17-22(19)28(27)32/h6-8,15-17H,4-5,9-14,18H2,1-3H3. The molecule has 3 heterocycles. The quantitative estimate of drug-likeness (QED) is 0.464. The van der Waals surface area contributed by atoms with Crippen LogP contribution in [0.5, 0.6) is 11.5 Å². The second-order valence-corrected chi connectivity index (χ2v) is 9.68. The van der Waals surface area contributed by atoms with Crippen LogP contribution in [-0.2, 0) is 29.0 Å². The number of nitrogens with zero attached hydrogens (tertiary/aromatic N) is 2. The Labute approximate surface area is 222 Å². The fourth-order valence-corrected chi connectivity index (χ4v) is 5.64. The maximum Gasteiger partial charge on any atom is 0.340 e. The van der Waals surface area contributed by atoms with Gasteiger partial charge in [0.25, 0.3) is 0 Å². The van der Waals surface area contributed by atoms with Crippen LogP contribution >= 0.6 is 11.6 Å². The van der Waals surface area contributed by atoms with Crippen molar-refractivity contribution in [2.75, 3.05) is 47.1 Å². The van der Waals surface area contributed by atoms with Gasteiger partial charge in [-0.05, 0) is 55.2 Å². The molecule has 0 amide bonds. The van der Waals surface area contributed by atoms with Crippen LogP contribution in [0.1, 0.15) is 40.5 Å². The van der Waals surface area contributed by atoms with E-state index in [0.29, 0.717) is 41.9 Å².